The summed E-state index contributed by atoms with van der Waals surface area (Å²) in [4.78, 5) is 13.9. The molecule has 0 aliphatic carbocycles. The zero-order chi connectivity index (χ0) is 13.2. The maximum Gasteiger partial charge on any atom is 0.142 e. The van der Waals surface area contributed by atoms with Crippen LogP contribution in [-0.4, -0.2) is 22.0 Å². The molecule has 96 valence electrons. The first kappa shape index (κ1) is 11.7. The van der Waals surface area contributed by atoms with Crippen LogP contribution in [0.4, 0.5) is 5.82 Å². The fourth-order valence-electron chi connectivity index (χ4n) is 2.32. The minimum atomic E-state index is 0.832. The summed E-state index contributed by atoms with van der Waals surface area (Å²) < 4.78 is 0. The second-order valence-electron chi connectivity index (χ2n) is 4.78. The molecule has 2 heterocycles. The van der Waals surface area contributed by atoms with Crippen LogP contribution in [0.15, 0.2) is 42.9 Å². The van der Waals surface area contributed by atoms with Crippen LogP contribution in [0, 0.1) is 6.92 Å². The average Bonchev–Trinajstić information content (AvgIpc) is 2.86. The molecule has 0 saturated carbocycles. The molecule has 0 spiro atoms. The molecule has 3 rings (SSSR count). The zero-order valence-electron chi connectivity index (χ0n) is 11.1. The number of aryl methyl sites for hydroxylation is 1. The summed E-state index contributed by atoms with van der Waals surface area (Å²) >= 11 is 0. The van der Waals surface area contributed by atoms with E-state index in [2.05, 4.69) is 58.1 Å². The van der Waals surface area contributed by atoms with Gasteiger partial charge in [-0.25, -0.2) is 9.97 Å². The predicted molar refractivity (Wildman–Crippen MR) is 77.2 cm³/mol. The molecular formula is C15H16N4. The second kappa shape index (κ2) is 4.72. The predicted octanol–water partition coefficient (Wildman–Crippen LogP) is 2.90. The van der Waals surface area contributed by atoms with Gasteiger partial charge in [0.2, 0.25) is 0 Å². The van der Waals surface area contributed by atoms with E-state index in [1.54, 1.807) is 6.33 Å². The highest BCUT2D eigenvalue weighted by atomic mass is 15.2. The van der Waals surface area contributed by atoms with Crippen LogP contribution >= 0.6 is 0 Å². The number of rotatable bonds is 3. The number of aromatic amines is 1. The van der Waals surface area contributed by atoms with Crippen molar-refractivity contribution < 1.29 is 0 Å². The van der Waals surface area contributed by atoms with E-state index in [0.29, 0.717) is 0 Å². The third kappa shape index (κ3) is 2.29. The molecule has 3 aromatic rings. The standard InChI is InChI=1S/C15H16N4/c1-11-4-3-5-12(8-11)9-19(2)15-13-6-7-16-14(13)17-10-18-15/h3-8,10H,9H2,1-2H3,(H,16,17,18). The number of H-pyrrole nitrogens is 1. The lowest BCUT2D eigenvalue weighted by atomic mass is 10.1. The van der Waals surface area contributed by atoms with E-state index in [1.807, 2.05) is 12.3 Å². The molecule has 0 bridgehead atoms. The average molecular weight is 252 g/mol. The minimum absolute atomic E-state index is 0.832. The van der Waals surface area contributed by atoms with Gasteiger partial charge in [-0.2, -0.15) is 0 Å². The molecule has 0 amide bonds. The van der Waals surface area contributed by atoms with Crippen molar-refractivity contribution in [3.63, 3.8) is 0 Å². The fourth-order valence-corrected chi connectivity index (χ4v) is 2.32. The van der Waals surface area contributed by atoms with Crippen molar-refractivity contribution >= 4 is 16.9 Å². The maximum absolute atomic E-state index is 4.39. The van der Waals surface area contributed by atoms with Crippen LogP contribution in [0.5, 0.6) is 0 Å². The van der Waals surface area contributed by atoms with E-state index in [9.17, 15) is 0 Å². The summed E-state index contributed by atoms with van der Waals surface area (Å²) in [6, 6.07) is 10.5. The largest absolute Gasteiger partial charge is 0.355 e. The smallest absolute Gasteiger partial charge is 0.142 e. The lowest BCUT2D eigenvalue weighted by molar-refractivity contribution is 0.899. The van der Waals surface area contributed by atoms with Gasteiger partial charge in [-0.15, -0.1) is 0 Å². The van der Waals surface area contributed by atoms with Crippen molar-refractivity contribution in [1.29, 1.82) is 0 Å². The molecule has 2 aromatic heterocycles. The first-order valence-electron chi connectivity index (χ1n) is 6.29. The summed E-state index contributed by atoms with van der Waals surface area (Å²) in [5, 5.41) is 1.05. The highest BCUT2D eigenvalue weighted by molar-refractivity contribution is 5.87. The second-order valence-corrected chi connectivity index (χ2v) is 4.78. The fraction of sp³-hybridized carbons (Fsp3) is 0.200. The first-order chi connectivity index (χ1) is 9.24. The van der Waals surface area contributed by atoms with Crippen LogP contribution in [0.1, 0.15) is 11.1 Å². The minimum Gasteiger partial charge on any atom is -0.355 e. The summed E-state index contributed by atoms with van der Waals surface area (Å²) in [5.74, 6) is 0.952. The molecule has 0 aliphatic heterocycles. The Hall–Kier alpha value is -2.36. The van der Waals surface area contributed by atoms with Gasteiger partial charge in [0.1, 0.15) is 17.8 Å². The summed E-state index contributed by atoms with van der Waals surface area (Å²) in [5.41, 5.74) is 3.44. The number of fused-ring (bicyclic) bond motifs is 1. The normalized spacial score (nSPS) is 10.8. The third-order valence-corrected chi connectivity index (χ3v) is 3.20. The van der Waals surface area contributed by atoms with Crippen molar-refractivity contribution in [3.05, 3.63) is 54.0 Å². The Bertz CT molecular complexity index is 702. The van der Waals surface area contributed by atoms with E-state index < -0.39 is 0 Å². The van der Waals surface area contributed by atoms with Gasteiger partial charge in [-0.1, -0.05) is 29.8 Å². The van der Waals surface area contributed by atoms with E-state index in [0.717, 1.165) is 23.4 Å². The highest BCUT2D eigenvalue weighted by Gasteiger charge is 2.09. The van der Waals surface area contributed by atoms with E-state index in [4.69, 9.17) is 0 Å². The third-order valence-electron chi connectivity index (χ3n) is 3.20. The number of nitrogens with zero attached hydrogens (tertiary/aromatic N) is 3. The van der Waals surface area contributed by atoms with Crippen LogP contribution in [0.25, 0.3) is 11.0 Å². The summed E-state index contributed by atoms with van der Waals surface area (Å²) in [6.45, 7) is 2.94. The molecule has 1 N–H and O–H groups in total. The van der Waals surface area contributed by atoms with Crippen LogP contribution < -0.4 is 4.90 Å². The number of benzene rings is 1. The molecule has 0 atom stereocenters. The van der Waals surface area contributed by atoms with Crippen molar-refractivity contribution in [2.45, 2.75) is 13.5 Å². The van der Waals surface area contributed by atoms with Crippen molar-refractivity contribution in [3.8, 4) is 0 Å². The quantitative estimate of drug-likeness (QED) is 0.779. The number of anilines is 1. The Morgan fingerprint density at radius 1 is 1.21 bits per heavy atom. The zero-order valence-corrected chi connectivity index (χ0v) is 11.1. The molecule has 1 aromatic carbocycles. The first-order valence-corrected chi connectivity index (χ1v) is 6.29. The number of aromatic nitrogens is 3. The van der Waals surface area contributed by atoms with Gasteiger partial charge in [-0.05, 0) is 18.6 Å². The summed E-state index contributed by atoms with van der Waals surface area (Å²) in [6.07, 6.45) is 3.49. The van der Waals surface area contributed by atoms with Crippen LogP contribution in [0.2, 0.25) is 0 Å². The van der Waals surface area contributed by atoms with Gasteiger partial charge >= 0.3 is 0 Å². The highest BCUT2D eigenvalue weighted by Crippen LogP contribution is 2.22. The van der Waals surface area contributed by atoms with Gasteiger partial charge in [0.15, 0.2) is 0 Å². The lowest BCUT2D eigenvalue weighted by Crippen LogP contribution is -2.18. The van der Waals surface area contributed by atoms with Crippen molar-refractivity contribution in [1.82, 2.24) is 15.0 Å². The topological polar surface area (TPSA) is 44.8 Å². The van der Waals surface area contributed by atoms with Gasteiger partial charge in [0.25, 0.3) is 0 Å². The van der Waals surface area contributed by atoms with Gasteiger partial charge < -0.3 is 9.88 Å². The van der Waals surface area contributed by atoms with E-state index in [1.165, 1.54) is 11.1 Å². The maximum atomic E-state index is 4.39. The summed E-state index contributed by atoms with van der Waals surface area (Å²) in [7, 11) is 2.05. The molecule has 19 heavy (non-hydrogen) atoms. The van der Waals surface area contributed by atoms with E-state index >= 15 is 0 Å². The molecule has 0 unspecified atom stereocenters. The monoisotopic (exact) mass is 252 g/mol. The Kier molecular flexibility index (Phi) is 2.91. The molecule has 0 radical (unpaired) electrons. The number of hydrogen-bond donors (Lipinski definition) is 1. The molecular weight excluding hydrogens is 236 g/mol. The SMILES string of the molecule is Cc1cccc(CN(C)c2ncnc3[nH]ccc23)c1. The van der Waals surface area contributed by atoms with Crippen molar-refractivity contribution in [2.24, 2.45) is 0 Å². The molecule has 0 saturated heterocycles. The lowest BCUT2D eigenvalue weighted by Gasteiger charge is -2.19. The van der Waals surface area contributed by atoms with Gasteiger partial charge in [0.05, 0.1) is 5.39 Å². The Morgan fingerprint density at radius 2 is 2.11 bits per heavy atom. The van der Waals surface area contributed by atoms with Crippen LogP contribution in [0.3, 0.4) is 0 Å². The molecule has 0 aliphatic rings. The van der Waals surface area contributed by atoms with Gasteiger partial charge in [0, 0.05) is 19.8 Å². The van der Waals surface area contributed by atoms with Crippen LogP contribution in [-0.2, 0) is 6.54 Å². The molecule has 4 heteroatoms. The van der Waals surface area contributed by atoms with Crippen molar-refractivity contribution in [2.75, 3.05) is 11.9 Å². The molecule has 4 nitrogen and oxygen atoms in total. The number of nitrogens with one attached hydrogen (secondary N) is 1. The Labute approximate surface area is 112 Å². The Balaban J connectivity index is 1.91. The molecule has 0 fully saturated rings. The van der Waals surface area contributed by atoms with E-state index in [-0.39, 0.29) is 0 Å². The van der Waals surface area contributed by atoms with Gasteiger partial charge in [-0.3, -0.25) is 0 Å². The Morgan fingerprint density at radius 3 is 2.95 bits per heavy atom. The number of hydrogen-bond acceptors (Lipinski definition) is 3.